The first kappa shape index (κ1) is 15.5. The van der Waals surface area contributed by atoms with Crippen LogP contribution in [0.15, 0.2) is 36.4 Å². The average molecular weight is 324 g/mol. The van der Waals surface area contributed by atoms with Gasteiger partial charge in [-0.2, -0.15) is 0 Å². The number of hydrogen-bond acceptors (Lipinski definition) is 3. The van der Waals surface area contributed by atoms with E-state index in [2.05, 4.69) is 0 Å². The summed E-state index contributed by atoms with van der Waals surface area (Å²) in [4.78, 5) is 13.1. The van der Waals surface area contributed by atoms with E-state index in [1.807, 2.05) is 18.0 Å². The van der Waals surface area contributed by atoms with Gasteiger partial charge in [-0.3, -0.25) is 4.79 Å². The normalized spacial score (nSPS) is 10.4. The summed E-state index contributed by atoms with van der Waals surface area (Å²) < 4.78 is 0. The van der Waals surface area contributed by atoms with Crippen molar-refractivity contribution >= 4 is 40.5 Å². The average Bonchev–Trinajstić information content (AvgIpc) is 2.42. The Morgan fingerprint density at radius 3 is 2.48 bits per heavy atom. The number of primary amides is 1. The molecule has 2 rings (SSSR count). The molecule has 0 saturated heterocycles. The summed E-state index contributed by atoms with van der Waals surface area (Å²) >= 11 is 12.4. The number of halogens is 2. The molecule has 0 heterocycles. The van der Waals surface area contributed by atoms with Crippen molar-refractivity contribution in [1.82, 2.24) is 0 Å². The number of nitrogens with two attached hydrogens (primary N) is 2. The lowest BCUT2D eigenvalue weighted by Gasteiger charge is -2.21. The van der Waals surface area contributed by atoms with E-state index in [0.717, 1.165) is 11.3 Å². The second-order valence-corrected chi connectivity index (χ2v) is 5.55. The van der Waals surface area contributed by atoms with Crippen LogP contribution in [-0.2, 0) is 6.54 Å². The van der Waals surface area contributed by atoms with Crippen LogP contribution < -0.4 is 16.4 Å². The molecule has 2 aromatic rings. The van der Waals surface area contributed by atoms with Crippen molar-refractivity contribution in [1.29, 1.82) is 0 Å². The van der Waals surface area contributed by atoms with Crippen LogP contribution in [0, 0.1) is 0 Å². The Bertz CT molecular complexity index is 689. The van der Waals surface area contributed by atoms with Crippen LogP contribution in [0.4, 0.5) is 11.4 Å². The van der Waals surface area contributed by atoms with Crippen molar-refractivity contribution < 1.29 is 4.79 Å². The Labute approximate surface area is 133 Å². The fourth-order valence-corrected chi connectivity index (χ4v) is 2.53. The number of anilines is 2. The zero-order chi connectivity index (χ0) is 15.6. The molecular weight excluding hydrogens is 309 g/mol. The fourth-order valence-electron chi connectivity index (χ4n) is 2.03. The van der Waals surface area contributed by atoms with Crippen molar-refractivity contribution in [3.8, 4) is 0 Å². The summed E-state index contributed by atoms with van der Waals surface area (Å²) in [6.07, 6.45) is 0. The minimum atomic E-state index is -0.509. The number of carbonyl (C=O) groups is 1. The lowest BCUT2D eigenvalue weighted by atomic mass is 10.1. The SMILES string of the molecule is CN(Cc1cc(N)ccc1Cl)c1ccc(C(N)=O)cc1Cl. The van der Waals surface area contributed by atoms with Crippen molar-refractivity contribution in [2.75, 3.05) is 17.7 Å². The maximum absolute atomic E-state index is 11.1. The van der Waals surface area contributed by atoms with Crippen LogP contribution in [0.5, 0.6) is 0 Å². The highest BCUT2D eigenvalue weighted by molar-refractivity contribution is 6.33. The van der Waals surface area contributed by atoms with Crippen molar-refractivity contribution in [3.63, 3.8) is 0 Å². The molecule has 0 unspecified atom stereocenters. The molecule has 0 saturated carbocycles. The first-order valence-corrected chi connectivity index (χ1v) is 6.98. The predicted molar refractivity (Wildman–Crippen MR) is 87.9 cm³/mol. The van der Waals surface area contributed by atoms with Crippen LogP contribution in [0.3, 0.4) is 0 Å². The van der Waals surface area contributed by atoms with Gasteiger partial charge in [0.1, 0.15) is 0 Å². The molecule has 4 nitrogen and oxygen atoms in total. The molecule has 0 fully saturated rings. The molecule has 21 heavy (non-hydrogen) atoms. The van der Waals surface area contributed by atoms with E-state index >= 15 is 0 Å². The first-order valence-electron chi connectivity index (χ1n) is 6.23. The molecule has 4 N–H and O–H groups in total. The van der Waals surface area contributed by atoms with Crippen molar-refractivity contribution in [2.45, 2.75) is 6.54 Å². The number of nitrogens with zero attached hydrogens (tertiary/aromatic N) is 1. The summed E-state index contributed by atoms with van der Waals surface area (Å²) in [6, 6.07) is 10.3. The largest absolute Gasteiger partial charge is 0.399 e. The molecule has 0 radical (unpaired) electrons. The second kappa shape index (κ2) is 6.24. The molecule has 1 amide bonds. The molecular formula is C15H15Cl2N3O. The van der Waals surface area contributed by atoms with Gasteiger partial charge in [-0.15, -0.1) is 0 Å². The minimum absolute atomic E-state index is 0.374. The highest BCUT2D eigenvalue weighted by Gasteiger charge is 2.11. The third-order valence-electron chi connectivity index (χ3n) is 3.12. The molecule has 0 aliphatic rings. The standard InChI is InChI=1S/C15H15Cl2N3O/c1-20(8-10-6-11(18)3-4-12(10)16)14-5-2-9(15(19)21)7-13(14)17/h2-7H,8,18H2,1H3,(H2,19,21). The maximum atomic E-state index is 11.1. The lowest BCUT2D eigenvalue weighted by Crippen LogP contribution is -2.18. The zero-order valence-electron chi connectivity index (χ0n) is 11.4. The van der Waals surface area contributed by atoms with Gasteiger partial charge in [0.2, 0.25) is 5.91 Å². The maximum Gasteiger partial charge on any atom is 0.248 e. The van der Waals surface area contributed by atoms with Gasteiger partial charge >= 0.3 is 0 Å². The summed E-state index contributed by atoms with van der Waals surface area (Å²) in [7, 11) is 1.88. The third kappa shape index (κ3) is 3.60. The Kier molecular flexibility index (Phi) is 4.60. The van der Waals surface area contributed by atoms with Crippen LogP contribution in [0.1, 0.15) is 15.9 Å². The Morgan fingerprint density at radius 1 is 1.14 bits per heavy atom. The molecule has 0 atom stereocenters. The number of nitrogen functional groups attached to an aromatic ring is 1. The molecule has 0 aliphatic heterocycles. The van der Waals surface area contributed by atoms with Crippen molar-refractivity contribution in [3.05, 3.63) is 57.6 Å². The van der Waals surface area contributed by atoms with E-state index in [4.69, 9.17) is 34.7 Å². The summed E-state index contributed by atoms with van der Waals surface area (Å²) in [5.74, 6) is -0.509. The quantitative estimate of drug-likeness (QED) is 0.848. The topological polar surface area (TPSA) is 72.3 Å². The van der Waals surface area contributed by atoms with Gasteiger partial charge in [-0.05, 0) is 42.0 Å². The summed E-state index contributed by atoms with van der Waals surface area (Å²) in [5, 5.41) is 1.09. The number of rotatable bonds is 4. The minimum Gasteiger partial charge on any atom is -0.399 e. The first-order chi connectivity index (χ1) is 9.88. The predicted octanol–water partition coefficient (Wildman–Crippen LogP) is 3.31. The van der Waals surface area contributed by atoms with Gasteiger partial charge in [-0.25, -0.2) is 0 Å². The Balaban J connectivity index is 2.26. The van der Waals surface area contributed by atoms with E-state index in [1.54, 1.807) is 30.3 Å². The molecule has 0 spiro atoms. The van der Waals surface area contributed by atoms with E-state index in [0.29, 0.717) is 27.8 Å². The Hall–Kier alpha value is -1.91. The number of hydrogen-bond donors (Lipinski definition) is 2. The van der Waals surface area contributed by atoms with Crippen LogP contribution >= 0.6 is 23.2 Å². The van der Waals surface area contributed by atoms with Gasteiger partial charge in [0, 0.05) is 29.9 Å². The molecule has 110 valence electrons. The number of carbonyl (C=O) groups excluding carboxylic acids is 1. The van der Waals surface area contributed by atoms with Gasteiger partial charge < -0.3 is 16.4 Å². The Morgan fingerprint density at radius 2 is 1.86 bits per heavy atom. The van der Waals surface area contributed by atoms with Gasteiger partial charge in [0.05, 0.1) is 10.7 Å². The highest BCUT2D eigenvalue weighted by Crippen LogP contribution is 2.29. The molecule has 6 heteroatoms. The molecule has 0 aromatic heterocycles. The smallest absolute Gasteiger partial charge is 0.248 e. The van der Waals surface area contributed by atoms with E-state index in [9.17, 15) is 4.79 Å². The second-order valence-electron chi connectivity index (χ2n) is 4.74. The van der Waals surface area contributed by atoms with E-state index in [1.165, 1.54) is 0 Å². The van der Waals surface area contributed by atoms with Crippen LogP contribution in [0.25, 0.3) is 0 Å². The summed E-state index contributed by atoms with van der Waals surface area (Å²) in [6.45, 7) is 0.541. The van der Waals surface area contributed by atoms with Gasteiger partial charge in [-0.1, -0.05) is 23.2 Å². The monoisotopic (exact) mass is 323 g/mol. The zero-order valence-corrected chi connectivity index (χ0v) is 12.9. The molecule has 2 aromatic carbocycles. The molecule has 0 aliphatic carbocycles. The van der Waals surface area contributed by atoms with Crippen molar-refractivity contribution in [2.24, 2.45) is 5.73 Å². The fraction of sp³-hybridized carbons (Fsp3) is 0.133. The van der Waals surface area contributed by atoms with Gasteiger partial charge in [0.15, 0.2) is 0 Å². The van der Waals surface area contributed by atoms with Crippen LogP contribution in [-0.4, -0.2) is 13.0 Å². The van der Waals surface area contributed by atoms with Gasteiger partial charge in [0.25, 0.3) is 0 Å². The lowest BCUT2D eigenvalue weighted by molar-refractivity contribution is 0.100. The van der Waals surface area contributed by atoms with E-state index in [-0.39, 0.29) is 0 Å². The van der Waals surface area contributed by atoms with Crippen LogP contribution in [0.2, 0.25) is 10.0 Å². The number of benzene rings is 2. The number of amides is 1. The highest BCUT2D eigenvalue weighted by atomic mass is 35.5. The third-order valence-corrected chi connectivity index (χ3v) is 3.79. The summed E-state index contributed by atoms with van der Waals surface area (Å²) in [5.41, 5.74) is 13.7. The molecule has 0 bridgehead atoms. The van der Waals surface area contributed by atoms with E-state index < -0.39 is 5.91 Å².